The van der Waals surface area contributed by atoms with Crippen LogP contribution < -0.4 is 4.90 Å². The van der Waals surface area contributed by atoms with Gasteiger partial charge in [0.25, 0.3) is 0 Å². The summed E-state index contributed by atoms with van der Waals surface area (Å²) in [6.07, 6.45) is 5.27. The van der Waals surface area contributed by atoms with Gasteiger partial charge < -0.3 is 9.47 Å². The average molecular weight is 516 g/mol. The molecule has 4 aromatic heterocycles. The summed E-state index contributed by atoms with van der Waals surface area (Å²) in [5.41, 5.74) is 7.14. The minimum atomic E-state index is 0.916. The molecule has 1 saturated heterocycles. The van der Waals surface area contributed by atoms with Gasteiger partial charge in [0, 0.05) is 43.3 Å². The van der Waals surface area contributed by atoms with Crippen LogP contribution in [0.2, 0.25) is 0 Å². The van der Waals surface area contributed by atoms with E-state index in [1.807, 2.05) is 11.3 Å². The molecule has 0 unspecified atom stereocenters. The monoisotopic (exact) mass is 515 g/mol. The van der Waals surface area contributed by atoms with Crippen molar-refractivity contribution in [1.29, 1.82) is 0 Å². The molecule has 7 rings (SSSR count). The number of rotatable bonds is 4. The highest BCUT2D eigenvalue weighted by Crippen LogP contribution is 2.41. The van der Waals surface area contributed by atoms with Crippen LogP contribution >= 0.6 is 22.7 Å². The van der Waals surface area contributed by atoms with Gasteiger partial charge in [-0.25, -0.2) is 19.9 Å². The van der Waals surface area contributed by atoms with Crippen LogP contribution in [0.5, 0.6) is 0 Å². The van der Waals surface area contributed by atoms with Crippen molar-refractivity contribution >= 4 is 49.7 Å². The summed E-state index contributed by atoms with van der Waals surface area (Å²) in [6, 6.07) is 8.42. The molecule has 1 aromatic carbocycles. The number of benzene rings is 1. The van der Waals surface area contributed by atoms with Crippen LogP contribution in [-0.4, -0.2) is 55.6 Å². The third-order valence-corrected chi connectivity index (χ3v) is 9.69. The molecule has 0 aliphatic carbocycles. The first-order valence-corrected chi connectivity index (χ1v) is 14.4. The summed E-state index contributed by atoms with van der Waals surface area (Å²) in [7, 11) is 0. The van der Waals surface area contributed by atoms with Gasteiger partial charge in [-0.05, 0) is 45.2 Å². The standard InChI is InChI=1S/C27H29N7S2/c1-17-18(2)35-27(30-17)23-20-8-5-6-10-34(20)25-24(23)28-16-29-26(25)33-13-11-32(12-14-33)15-22-31-19-7-3-4-9-21(19)36-22/h3-4,7,9,16H,5-6,8,10-15H2,1-2H3. The third-order valence-electron chi connectivity index (χ3n) is 7.58. The predicted octanol–water partition coefficient (Wildman–Crippen LogP) is 5.44. The van der Waals surface area contributed by atoms with E-state index in [0.29, 0.717) is 0 Å². The molecule has 6 heterocycles. The normalized spacial score (nSPS) is 16.8. The molecular weight excluding hydrogens is 486 g/mol. The van der Waals surface area contributed by atoms with Gasteiger partial charge in [0.15, 0.2) is 5.82 Å². The number of hydrogen-bond acceptors (Lipinski definition) is 8. The van der Waals surface area contributed by atoms with Gasteiger partial charge >= 0.3 is 0 Å². The number of piperazine rings is 1. The van der Waals surface area contributed by atoms with Crippen LogP contribution in [0.4, 0.5) is 5.82 Å². The Bertz CT molecular complexity index is 1520. The van der Waals surface area contributed by atoms with E-state index in [1.165, 1.54) is 44.2 Å². The van der Waals surface area contributed by atoms with E-state index >= 15 is 0 Å². The fourth-order valence-electron chi connectivity index (χ4n) is 5.61. The summed E-state index contributed by atoms with van der Waals surface area (Å²) in [6.45, 7) is 10.2. The zero-order valence-electron chi connectivity index (χ0n) is 20.7. The summed E-state index contributed by atoms with van der Waals surface area (Å²) in [5, 5.41) is 2.31. The first-order valence-electron chi connectivity index (χ1n) is 12.8. The minimum Gasteiger partial charge on any atom is -0.352 e. The zero-order valence-corrected chi connectivity index (χ0v) is 22.3. The second-order valence-corrected chi connectivity index (χ2v) is 12.1. The molecule has 184 valence electrons. The number of para-hydroxylation sites is 1. The van der Waals surface area contributed by atoms with Crippen molar-refractivity contribution in [2.24, 2.45) is 0 Å². The van der Waals surface area contributed by atoms with Crippen LogP contribution in [-0.2, 0) is 19.5 Å². The van der Waals surface area contributed by atoms with Crippen molar-refractivity contribution in [2.45, 2.75) is 46.2 Å². The van der Waals surface area contributed by atoms with Gasteiger partial charge in [0.05, 0.1) is 28.0 Å². The van der Waals surface area contributed by atoms with Crippen LogP contribution in [0.15, 0.2) is 30.6 Å². The summed E-state index contributed by atoms with van der Waals surface area (Å²) in [4.78, 5) is 25.7. The molecule has 0 spiro atoms. The lowest BCUT2D eigenvalue weighted by atomic mass is 10.1. The number of aromatic nitrogens is 5. The maximum atomic E-state index is 4.94. The first-order chi connectivity index (χ1) is 17.7. The van der Waals surface area contributed by atoms with Crippen molar-refractivity contribution < 1.29 is 0 Å². The van der Waals surface area contributed by atoms with Crippen LogP contribution in [0.3, 0.4) is 0 Å². The molecule has 0 N–H and O–H groups in total. The lowest BCUT2D eigenvalue weighted by Crippen LogP contribution is -2.46. The second kappa shape index (κ2) is 8.90. The number of thiazole rings is 2. The maximum absolute atomic E-state index is 4.94. The molecule has 2 aliphatic heterocycles. The molecule has 0 saturated carbocycles. The predicted molar refractivity (Wildman–Crippen MR) is 148 cm³/mol. The van der Waals surface area contributed by atoms with Crippen LogP contribution in [0.25, 0.3) is 31.8 Å². The van der Waals surface area contributed by atoms with E-state index in [1.54, 1.807) is 17.7 Å². The summed E-state index contributed by atoms with van der Waals surface area (Å²) in [5.74, 6) is 1.08. The number of aryl methyl sites for hydroxylation is 3. The molecule has 1 fully saturated rings. The van der Waals surface area contributed by atoms with E-state index < -0.39 is 0 Å². The molecule has 36 heavy (non-hydrogen) atoms. The van der Waals surface area contributed by atoms with Gasteiger partial charge in [0.1, 0.15) is 27.4 Å². The highest BCUT2D eigenvalue weighted by molar-refractivity contribution is 7.18. The van der Waals surface area contributed by atoms with E-state index in [0.717, 1.165) is 73.2 Å². The van der Waals surface area contributed by atoms with Crippen molar-refractivity contribution in [1.82, 2.24) is 29.4 Å². The largest absolute Gasteiger partial charge is 0.352 e. The molecule has 7 nitrogen and oxygen atoms in total. The topological polar surface area (TPSA) is 63.0 Å². The van der Waals surface area contributed by atoms with Crippen molar-refractivity contribution in [3.63, 3.8) is 0 Å². The highest BCUT2D eigenvalue weighted by atomic mass is 32.1. The Morgan fingerprint density at radius 1 is 0.917 bits per heavy atom. The Kier molecular flexibility index (Phi) is 5.52. The molecule has 0 radical (unpaired) electrons. The first kappa shape index (κ1) is 22.3. The quantitative estimate of drug-likeness (QED) is 0.318. The lowest BCUT2D eigenvalue weighted by Gasteiger charge is -2.35. The highest BCUT2D eigenvalue weighted by Gasteiger charge is 2.29. The fraction of sp³-hybridized carbons (Fsp3) is 0.407. The summed E-state index contributed by atoms with van der Waals surface area (Å²) >= 11 is 3.61. The molecule has 0 atom stereocenters. The Hall–Kier alpha value is -2.88. The van der Waals surface area contributed by atoms with Gasteiger partial charge in [-0.15, -0.1) is 22.7 Å². The molecular formula is C27H29N7S2. The van der Waals surface area contributed by atoms with Crippen molar-refractivity contribution in [3.05, 3.63) is 51.9 Å². The van der Waals surface area contributed by atoms with E-state index in [4.69, 9.17) is 19.9 Å². The number of nitrogens with zero attached hydrogens (tertiary/aromatic N) is 7. The smallest absolute Gasteiger partial charge is 0.156 e. The zero-order chi connectivity index (χ0) is 24.2. The average Bonchev–Trinajstić information content (AvgIpc) is 3.57. The maximum Gasteiger partial charge on any atom is 0.156 e. The fourth-order valence-corrected chi connectivity index (χ4v) is 7.60. The number of fused-ring (bicyclic) bond motifs is 4. The Morgan fingerprint density at radius 2 is 1.78 bits per heavy atom. The van der Waals surface area contributed by atoms with Gasteiger partial charge in [-0.2, -0.15) is 0 Å². The van der Waals surface area contributed by atoms with Crippen molar-refractivity contribution in [3.8, 4) is 10.6 Å². The van der Waals surface area contributed by atoms with E-state index in [-0.39, 0.29) is 0 Å². The van der Waals surface area contributed by atoms with Gasteiger partial charge in [0.2, 0.25) is 0 Å². The molecule has 0 bridgehead atoms. The van der Waals surface area contributed by atoms with Crippen molar-refractivity contribution in [2.75, 3.05) is 31.1 Å². The molecule has 2 aliphatic rings. The Labute approximate surface area is 218 Å². The molecule has 5 aromatic rings. The summed E-state index contributed by atoms with van der Waals surface area (Å²) < 4.78 is 3.78. The molecule has 0 amide bonds. The van der Waals surface area contributed by atoms with E-state index in [9.17, 15) is 0 Å². The van der Waals surface area contributed by atoms with Crippen LogP contribution in [0, 0.1) is 13.8 Å². The van der Waals surface area contributed by atoms with Crippen LogP contribution in [0.1, 0.15) is 34.1 Å². The lowest BCUT2D eigenvalue weighted by molar-refractivity contribution is 0.249. The Morgan fingerprint density at radius 3 is 2.58 bits per heavy atom. The van der Waals surface area contributed by atoms with Gasteiger partial charge in [-0.1, -0.05) is 12.1 Å². The number of hydrogen-bond donors (Lipinski definition) is 0. The van der Waals surface area contributed by atoms with Gasteiger partial charge in [-0.3, -0.25) is 4.90 Å². The SMILES string of the molecule is Cc1nc(-c2c3n(c4c(N5CCN(Cc6nc7ccccc7s6)CC5)ncnc24)CCCC3)sc1C. The number of anilines is 1. The Balaban J connectivity index is 1.19. The third kappa shape index (κ3) is 3.72. The second-order valence-electron chi connectivity index (χ2n) is 9.82. The molecule has 9 heteroatoms. The van der Waals surface area contributed by atoms with E-state index in [2.05, 4.69) is 52.5 Å². The minimum absolute atomic E-state index is 0.916.